The molecule has 2 nitrogen and oxygen atoms in total. The Morgan fingerprint density at radius 3 is 2.50 bits per heavy atom. The molecule has 2 rings (SSSR count). The molecule has 3 N–H and O–H groups in total. The van der Waals surface area contributed by atoms with Gasteiger partial charge in [0.2, 0.25) is 0 Å². The number of nitrogens with one attached hydrogen (secondary N) is 1. The van der Waals surface area contributed by atoms with Crippen molar-refractivity contribution in [1.29, 1.82) is 0 Å². The second kappa shape index (κ2) is 6.05. The molecule has 1 aromatic rings. The third-order valence-corrected chi connectivity index (χ3v) is 4.51. The maximum absolute atomic E-state index is 6.02. The summed E-state index contributed by atoms with van der Waals surface area (Å²) in [6, 6.07) is 6.35. The second-order valence-electron chi connectivity index (χ2n) is 5.67. The first-order valence-corrected chi connectivity index (χ1v) is 7.21. The van der Waals surface area contributed by atoms with Crippen molar-refractivity contribution in [3.05, 3.63) is 34.3 Å². The van der Waals surface area contributed by atoms with E-state index in [4.69, 9.17) is 17.4 Å². The Labute approximate surface area is 115 Å². The average Bonchev–Trinajstić information content (AvgIpc) is 2.35. The van der Waals surface area contributed by atoms with Gasteiger partial charge in [0.1, 0.15) is 0 Å². The van der Waals surface area contributed by atoms with Crippen LogP contribution in [0.15, 0.2) is 18.2 Å². The summed E-state index contributed by atoms with van der Waals surface area (Å²) < 4.78 is 0. The summed E-state index contributed by atoms with van der Waals surface area (Å²) in [5, 5.41) is 0.796. The molecule has 1 aliphatic carbocycles. The summed E-state index contributed by atoms with van der Waals surface area (Å²) in [6.07, 6.45) is 5.15. The summed E-state index contributed by atoms with van der Waals surface area (Å²) in [4.78, 5) is 0. The van der Waals surface area contributed by atoms with Crippen LogP contribution in [0.5, 0.6) is 0 Å². The summed E-state index contributed by atoms with van der Waals surface area (Å²) in [5.41, 5.74) is 5.54. The molecule has 18 heavy (non-hydrogen) atoms. The number of halogens is 1. The zero-order valence-electron chi connectivity index (χ0n) is 11.2. The third kappa shape index (κ3) is 3.05. The molecule has 1 atom stereocenters. The molecule has 0 amide bonds. The fourth-order valence-corrected chi connectivity index (χ4v) is 3.31. The zero-order valence-corrected chi connectivity index (χ0v) is 12.0. The summed E-state index contributed by atoms with van der Waals surface area (Å²) in [6.45, 7) is 4.45. The predicted molar refractivity (Wildman–Crippen MR) is 77.4 cm³/mol. The van der Waals surface area contributed by atoms with Crippen molar-refractivity contribution in [2.24, 2.45) is 17.7 Å². The summed E-state index contributed by atoms with van der Waals surface area (Å²) in [5.74, 6) is 7.31. The van der Waals surface area contributed by atoms with Crippen LogP contribution in [-0.2, 0) is 0 Å². The first-order valence-electron chi connectivity index (χ1n) is 6.84. The molecule has 100 valence electrons. The van der Waals surface area contributed by atoms with Gasteiger partial charge in [-0.05, 0) is 54.9 Å². The van der Waals surface area contributed by atoms with Crippen LogP contribution >= 0.6 is 11.6 Å². The van der Waals surface area contributed by atoms with E-state index in [1.807, 2.05) is 12.1 Å². The lowest BCUT2D eigenvalue weighted by Crippen LogP contribution is -2.35. The van der Waals surface area contributed by atoms with Gasteiger partial charge in [0.05, 0.1) is 0 Å². The van der Waals surface area contributed by atoms with Crippen molar-refractivity contribution in [1.82, 2.24) is 5.43 Å². The van der Waals surface area contributed by atoms with Crippen LogP contribution in [0, 0.1) is 18.8 Å². The SMILES string of the molecule is Cc1cc(Cl)ccc1C(NN)C1CCC(C)CC1. The smallest absolute Gasteiger partial charge is 0.0490 e. The highest BCUT2D eigenvalue weighted by atomic mass is 35.5. The number of hydrazine groups is 1. The van der Waals surface area contributed by atoms with Crippen molar-refractivity contribution >= 4 is 11.6 Å². The van der Waals surface area contributed by atoms with E-state index in [-0.39, 0.29) is 6.04 Å². The van der Waals surface area contributed by atoms with Crippen LogP contribution in [0.3, 0.4) is 0 Å². The van der Waals surface area contributed by atoms with E-state index in [9.17, 15) is 0 Å². The molecule has 0 heterocycles. The minimum Gasteiger partial charge on any atom is -0.271 e. The van der Waals surface area contributed by atoms with Gasteiger partial charge in [-0.25, -0.2) is 0 Å². The van der Waals surface area contributed by atoms with Crippen LogP contribution < -0.4 is 11.3 Å². The molecular weight excluding hydrogens is 244 g/mol. The molecule has 1 fully saturated rings. The van der Waals surface area contributed by atoms with Crippen molar-refractivity contribution in [2.45, 2.75) is 45.6 Å². The van der Waals surface area contributed by atoms with Gasteiger partial charge in [0.25, 0.3) is 0 Å². The lowest BCUT2D eigenvalue weighted by molar-refractivity contribution is 0.232. The minimum absolute atomic E-state index is 0.259. The highest BCUT2D eigenvalue weighted by Gasteiger charge is 2.27. The van der Waals surface area contributed by atoms with Gasteiger partial charge in [0, 0.05) is 11.1 Å². The highest BCUT2D eigenvalue weighted by molar-refractivity contribution is 6.30. The summed E-state index contributed by atoms with van der Waals surface area (Å²) in [7, 11) is 0. The quantitative estimate of drug-likeness (QED) is 0.642. The molecule has 1 saturated carbocycles. The Morgan fingerprint density at radius 1 is 1.28 bits per heavy atom. The van der Waals surface area contributed by atoms with Crippen molar-refractivity contribution in [2.75, 3.05) is 0 Å². The van der Waals surface area contributed by atoms with Crippen molar-refractivity contribution in [3.8, 4) is 0 Å². The standard InChI is InChI=1S/C15H23ClN2/c1-10-3-5-12(6-4-10)15(18-17)14-8-7-13(16)9-11(14)2/h7-10,12,15,18H,3-6,17H2,1-2H3. The van der Waals surface area contributed by atoms with Gasteiger partial charge in [-0.1, -0.05) is 37.4 Å². The van der Waals surface area contributed by atoms with Gasteiger partial charge in [0.15, 0.2) is 0 Å². The zero-order chi connectivity index (χ0) is 13.1. The Balaban J connectivity index is 2.17. The van der Waals surface area contributed by atoms with Gasteiger partial charge >= 0.3 is 0 Å². The van der Waals surface area contributed by atoms with Crippen LogP contribution in [0.4, 0.5) is 0 Å². The summed E-state index contributed by atoms with van der Waals surface area (Å²) >= 11 is 6.02. The maximum Gasteiger partial charge on any atom is 0.0490 e. The normalized spacial score (nSPS) is 26.0. The molecule has 0 saturated heterocycles. The molecule has 1 aromatic carbocycles. The molecule has 3 heteroatoms. The van der Waals surface area contributed by atoms with Gasteiger partial charge < -0.3 is 0 Å². The Kier molecular flexibility index (Phi) is 4.66. The molecule has 0 aromatic heterocycles. The van der Waals surface area contributed by atoms with E-state index in [0.717, 1.165) is 10.9 Å². The molecular formula is C15H23ClN2. The number of aryl methyl sites for hydroxylation is 1. The van der Waals surface area contributed by atoms with E-state index in [1.165, 1.54) is 36.8 Å². The van der Waals surface area contributed by atoms with Crippen molar-refractivity contribution in [3.63, 3.8) is 0 Å². The number of rotatable bonds is 3. The van der Waals surface area contributed by atoms with E-state index in [0.29, 0.717) is 5.92 Å². The van der Waals surface area contributed by atoms with Gasteiger partial charge in [-0.3, -0.25) is 11.3 Å². The first-order chi connectivity index (χ1) is 8.61. The molecule has 0 bridgehead atoms. The third-order valence-electron chi connectivity index (χ3n) is 4.28. The Morgan fingerprint density at radius 2 is 1.94 bits per heavy atom. The van der Waals surface area contributed by atoms with Gasteiger partial charge in [-0.2, -0.15) is 0 Å². The van der Waals surface area contributed by atoms with Crippen LogP contribution in [0.25, 0.3) is 0 Å². The largest absolute Gasteiger partial charge is 0.271 e. The highest BCUT2D eigenvalue weighted by Crippen LogP contribution is 2.37. The topological polar surface area (TPSA) is 38.0 Å². The molecule has 0 aliphatic heterocycles. The molecule has 1 aliphatic rings. The lowest BCUT2D eigenvalue weighted by Gasteiger charge is -2.33. The van der Waals surface area contributed by atoms with Crippen LogP contribution in [0.2, 0.25) is 5.02 Å². The minimum atomic E-state index is 0.259. The number of hydrogen-bond acceptors (Lipinski definition) is 2. The maximum atomic E-state index is 6.02. The average molecular weight is 267 g/mol. The molecule has 0 radical (unpaired) electrons. The Bertz CT molecular complexity index is 397. The van der Waals surface area contributed by atoms with Crippen LogP contribution in [0.1, 0.15) is 49.8 Å². The van der Waals surface area contributed by atoms with E-state index in [2.05, 4.69) is 25.3 Å². The van der Waals surface area contributed by atoms with E-state index >= 15 is 0 Å². The molecule has 1 unspecified atom stereocenters. The number of hydrogen-bond donors (Lipinski definition) is 2. The predicted octanol–water partition coefficient (Wildman–Crippen LogP) is 3.98. The first kappa shape index (κ1) is 13.9. The van der Waals surface area contributed by atoms with Crippen molar-refractivity contribution < 1.29 is 0 Å². The van der Waals surface area contributed by atoms with E-state index in [1.54, 1.807) is 0 Å². The lowest BCUT2D eigenvalue weighted by atomic mass is 9.77. The van der Waals surface area contributed by atoms with E-state index < -0.39 is 0 Å². The Hall–Kier alpha value is -0.570. The fourth-order valence-electron chi connectivity index (χ4n) is 3.09. The fraction of sp³-hybridized carbons (Fsp3) is 0.600. The second-order valence-corrected chi connectivity index (χ2v) is 6.10. The number of benzene rings is 1. The number of nitrogens with two attached hydrogens (primary N) is 1. The molecule has 0 spiro atoms. The van der Waals surface area contributed by atoms with Gasteiger partial charge in [-0.15, -0.1) is 0 Å². The monoisotopic (exact) mass is 266 g/mol. The van der Waals surface area contributed by atoms with Crippen LogP contribution in [-0.4, -0.2) is 0 Å².